The van der Waals surface area contributed by atoms with Crippen molar-refractivity contribution in [3.05, 3.63) is 54.1 Å². The number of nitrogens with one attached hydrogen (secondary N) is 1. The second-order valence-electron chi connectivity index (χ2n) is 11.0. The Hall–Kier alpha value is -3.86. The number of anilines is 1. The summed E-state index contributed by atoms with van der Waals surface area (Å²) < 4.78 is 152. The number of alkyl halides is 5. The molecule has 1 aliphatic heterocycles. The first kappa shape index (κ1) is 35.0. The van der Waals surface area contributed by atoms with Crippen LogP contribution in [0, 0.1) is 17.3 Å². The monoisotopic (exact) mass is 695 g/mol. The molecule has 2 aromatic rings. The molecule has 1 aromatic heterocycles. The van der Waals surface area contributed by atoms with E-state index in [1.54, 1.807) is 0 Å². The van der Waals surface area contributed by atoms with Crippen LogP contribution in [0.25, 0.3) is 0 Å². The Morgan fingerprint density at radius 3 is 2.15 bits per heavy atom. The normalized spacial score (nSPS) is 24.3. The number of halogens is 11. The summed E-state index contributed by atoms with van der Waals surface area (Å²) in [5, 5.41) is 22.5. The minimum Gasteiger partial charge on any atom is -0.378 e. The number of hydrogen-bond donors (Lipinski definition) is 2. The molecular formula is C26H24F11N5O3S. The lowest BCUT2D eigenvalue weighted by Crippen LogP contribution is -2.62. The highest BCUT2D eigenvalue weighted by Gasteiger charge is 2.67. The summed E-state index contributed by atoms with van der Waals surface area (Å²) >= 11 is 0. The number of carbonyl (C=O) groups excluding carboxylic acids is 2. The minimum atomic E-state index is -10.3. The van der Waals surface area contributed by atoms with Crippen molar-refractivity contribution in [1.82, 2.24) is 15.2 Å². The number of nitrogens with zero attached hydrogens (tertiary/aromatic N) is 4. The summed E-state index contributed by atoms with van der Waals surface area (Å²) in [4.78, 5) is 29.2. The summed E-state index contributed by atoms with van der Waals surface area (Å²) in [6, 6.07) is -5.56. The lowest BCUT2D eigenvalue weighted by molar-refractivity contribution is -0.263. The van der Waals surface area contributed by atoms with Crippen molar-refractivity contribution in [2.75, 3.05) is 11.4 Å². The van der Waals surface area contributed by atoms with Gasteiger partial charge in [-0.3, -0.25) is 24.4 Å². The second kappa shape index (κ2) is 10.9. The van der Waals surface area contributed by atoms with Gasteiger partial charge in [0.2, 0.25) is 11.8 Å². The first-order valence-corrected chi connectivity index (χ1v) is 15.2. The van der Waals surface area contributed by atoms with E-state index in [0.29, 0.717) is 12.3 Å². The number of aromatic nitrogens is 1. The summed E-state index contributed by atoms with van der Waals surface area (Å²) in [5.74, 6) is -7.52. The molecule has 1 aliphatic carbocycles. The summed E-state index contributed by atoms with van der Waals surface area (Å²) in [6.45, 7) is -0.853. The molecule has 3 atom stereocenters. The Balaban J connectivity index is 1.91. The SMILES string of the molecule is N#CN1CCC(O)(C(F)(F)F)C1C(=O)N(c1ccc(S(F)(F)(F)(F)F)cc1)C(C(=O)NC1CCC(F)(F)CC1)c1cncc(F)c1. The predicted octanol–water partition coefficient (Wildman–Crippen LogP) is 6.50. The fourth-order valence-electron chi connectivity index (χ4n) is 5.42. The van der Waals surface area contributed by atoms with Gasteiger partial charge in [-0.05, 0) is 43.2 Å². The van der Waals surface area contributed by atoms with Crippen molar-refractivity contribution < 1.29 is 60.5 Å². The summed E-state index contributed by atoms with van der Waals surface area (Å²) in [5.41, 5.74) is -5.47. The lowest BCUT2D eigenvalue weighted by atomic mass is 9.90. The predicted molar refractivity (Wildman–Crippen MR) is 139 cm³/mol. The van der Waals surface area contributed by atoms with Crippen LogP contribution >= 0.6 is 10.2 Å². The first-order chi connectivity index (χ1) is 20.9. The molecule has 2 amide bonds. The first-order valence-electron chi connectivity index (χ1n) is 13.3. The van der Waals surface area contributed by atoms with Gasteiger partial charge in [-0.15, -0.1) is 0 Å². The van der Waals surface area contributed by atoms with Gasteiger partial charge in [0, 0.05) is 49.3 Å². The second-order valence-corrected chi connectivity index (χ2v) is 13.4. The van der Waals surface area contributed by atoms with Crippen molar-refractivity contribution in [3.63, 3.8) is 0 Å². The average molecular weight is 696 g/mol. The number of hydrogen-bond acceptors (Lipinski definition) is 6. The Bertz CT molecular complexity index is 1540. The van der Waals surface area contributed by atoms with Crippen molar-refractivity contribution in [3.8, 4) is 6.19 Å². The number of likely N-dealkylation sites (tertiary alicyclic amines) is 1. The van der Waals surface area contributed by atoms with E-state index >= 15 is 0 Å². The minimum absolute atomic E-state index is 0.0927. The Morgan fingerprint density at radius 2 is 1.65 bits per heavy atom. The van der Waals surface area contributed by atoms with E-state index in [9.17, 15) is 65.7 Å². The van der Waals surface area contributed by atoms with Crippen LogP contribution in [0.4, 0.5) is 51.5 Å². The number of aliphatic hydroxyl groups is 1. The molecule has 0 spiro atoms. The average Bonchev–Trinajstić information content (AvgIpc) is 3.29. The molecule has 2 fully saturated rings. The van der Waals surface area contributed by atoms with Gasteiger partial charge in [0.15, 0.2) is 17.8 Å². The van der Waals surface area contributed by atoms with Gasteiger partial charge in [-0.1, -0.05) is 19.4 Å². The van der Waals surface area contributed by atoms with E-state index in [2.05, 4.69) is 10.3 Å². The van der Waals surface area contributed by atoms with Gasteiger partial charge in [0.25, 0.3) is 5.91 Å². The molecular weight excluding hydrogens is 671 g/mol. The fraction of sp³-hybridized carbons (Fsp3) is 0.462. The van der Waals surface area contributed by atoms with Crippen LogP contribution in [0.2, 0.25) is 0 Å². The number of pyridine rings is 1. The molecule has 1 saturated heterocycles. The molecule has 0 bridgehead atoms. The highest BCUT2D eigenvalue weighted by atomic mass is 32.5. The quantitative estimate of drug-likeness (QED) is 0.253. The summed E-state index contributed by atoms with van der Waals surface area (Å²) in [7, 11) is -10.3. The Labute approximate surface area is 253 Å². The standard InChI is InChI=1S/C26H24F11N5O3S/c27-16-11-15(12-39-13-16)20(22(43)40-17-5-7-24(28,29)8-6-17)42(18-1-3-19(4-2-18)46(33,34,35,36)37)23(44)21-25(45,26(30,31)32)9-10-41(21)14-38/h1-4,11-13,17,20-21,45H,5-10H2,(H,40,43). The van der Waals surface area contributed by atoms with Gasteiger partial charge < -0.3 is 10.4 Å². The number of nitriles is 1. The van der Waals surface area contributed by atoms with Crippen LogP contribution < -0.4 is 10.2 Å². The van der Waals surface area contributed by atoms with E-state index in [-0.39, 0.29) is 46.9 Å². The third-order valence-electron chi connectivity index (χ3n) is 7.76. The molecule has 46 heavy (non-hydrogen) atoms. The smallest absolute Gasteiger partial charge is 0.378 e. The number of carbonyl (C=O) groups is 2. The van der Waals surface area contributed by atoms with E-state index in [1.165, 1.54) is 6.19 Å². The molecule has 1 aromatic carbocycles. The van der Waals surface area contributed by atoms with E-state index in [1.807, 2.05) is 0 Å². The molecule has 0 radical (unpaired) electrons. The zero-order valence-electron chi connectivity index (χ0n) is 23.1. The number of rotatable bonds is 7. The molecule has 3 unspecified atom stereocenters. The van der Waals surface area contributed by atoms with Crippen LogP contribution in [0.1, 0.15) is 43.7 Å². The molecule has 1 saturated carbocycles. The molecule has 2 N–H and O–H groups in total. The maximum Gasteiger partial charge on any atom is 0.419 e. The topological polar surface area (TPSA) is 110 Å². The molecule has 8 nitrogen and oxygen atoms in total. The Kier molecular flexibility index (Phi) is 8.26. The van der Waals surface area contributed by atoms with E-state index < -0.39 is 106 Å². The molecule has 20 heteroatoms. The van der Waals surface area contributed by atoms with Crippen LogP contribution in [-0.4, -0.2) is 63.1 Å². The summed E-state index contributed by atoms with van der Waals surface area (Å²) in [6.07, 6.45) is -6.19. The van der Waals surface area contributed by atoms with E-state index in [4.69, 9.17) is 0 Å². The molecule has 254 valence electrons. The van der Waals surface area contributed by atoms with Crippen molar-refractivity contribution >= 4 is 27.7 Å². The third-order valence-corrected chi connectivity index (χ3v) is 8.92. The highest BCUT2D eigenvalue weighted by molar-refractivity contribution is 8.45. The maximum atomic E-state index is 14.3. The van der Waals surface area contributed by atoms with Crippen molar-refractivity contribution in [2.24, 2.45) is 0 Å². The zero-order chi connectivity index (χ0) is 34.6. The lowest BCUT2D eigenvalue weighted by Gasteiger charge is -2.41. The van der Waals surface area contributed by atoms with Crippen molar-refractivity contribution in [2.45, 2.75) is 72.8 Å². The van der Waals surface area contributed by atoms with Crippen LogP contribution in [0.5, 0.6) is 0 Å². The molecule has 4 rings (SSSR count). The molecule has 2 aliphatic rings. The maximum absolute atomic E-state index is 14.3. The largest absolute Gasteiger partial charge is 0.419 e. The van der Waals surface area contributed by atoms with Gasteiger partial charge >= 0.3 is 16.4 Å². The van der Waals surface area contributed by atoms with E-state index in [0.717, 1.165) is 6.20 Å². The number of benzene rings is 1. The highest BCUT2D eigenvalue weighted by Crippen LogP contribution is 3.02. The zero-order valence-corrected chi connectivity index (χ0v) is 24.0. The Morgan fingerprint density at radius 1 is 1.07 bits per heavy atom. The number of amides is 2. The van der Waals surface area contributed by atoms with Gasteiger partial charge in [0.05, 0.1) is 6.20 Å². The van der Waals surface area contributed by atoms with Gasteiger partial charge in [-0.2, -0.15) is 18.4 Å². The van der Waals surface area contributed by atoms with Gasteiger partial charge in [0.1, 0.15) is 16.8 Å². The van der Waals surface area contributed by atoms with Crippen LogP contribution in [-0.2, 0) is 9.59 Å². The van der Waals surface area contributed by atoms with Crippen LogP contribution in [0.15, 0.2) is 47.6 Å². The van der Waals surface area contributed by atoms with Gasteiger partial charge in [-0.25, -0.2) is 13.2 Å². The van der Waals surface area contributed by atoms with Crippen LogP contribution in [0.3, 0.4) is 0 Å². The fourth-order valence-corrected chi connectivity index (χ4v) is 6.07. The third kappa shape index (κ3) is 7.09. The van der Waals surface area contributed by atoms with Crippen molar-refractivity contribution in [1.29, 1.82) is 5.26 Å². The molecule has 2 heterocycles.